The zero-order valence-corrected chi connectivity index (χ0v) is 7.14. The van der Waals surface area contributed by atoms with E-state index < -0.39 is 0 Å². The zero-order chi connectivity index (χ0) is 9.68. The first-order chi connectivity index (χ1) is 6.25. The zero-order valence-electron chi connectivity index (χ0n) is 7.14. The second kappa shape index (κ2) is 4.47. The van der Waals surface area contributed by atoms with E-state index in [2.05, 4.69) is 4.99 Å². The number of aromatic hydroxyl groups is 1. The number of hydrogen-bond acceptors (Lipinski definition) is 3. The average Bonchev–Trinajstić information content (AvgIpc) is 2.15. The number of nitrogens with two attached hydrogens (primary N) is 1. The lowest BCUT2D eigenvalue weighted by atomic mass is 10.2. The van der Waals surface area contributed by atoms with Crippen LogP contribution in [0.3, 0.4) is 0 Å². The maximum atomic E-state index is 9.36. The second-order valence-electron chi connectivity index (χ2n) is 2.51. The molecule has 4 nitrogen and oxygen atoms in total. The van der Waals surface area contributed by atoms with E-state index in [1.807, 2.05) is 0 Å². The number of aliphatic imine (C=N–C) groups is 1. The fourth-order valence-corrected chi connectivity index (χ4v) is 0.946. The summed E-state index contributed by atoms with van der Waals surface area (Å²) in [4.78, 5) is 3.86. The minimum atomic E-state index is -0.0473. The van der Waals surface area contributed by atoms with Crippen LogP contribution in [-0.2, 0) is 0 Å². The first-order valence-electron chi connectivity index (χ1n) is 3.95. The van der Waals surface area contributed by atoms with Crippen molar-refractivity contribution in [2.75, 3.05) is 13.2 Å². The molecule has 0 unspecified atom stereocenters. The number of aliphatic hydroxyl groups is 1. The molecule has 1 aromatic rings. The highest BCUT2D eigenvalue weighted by Crippen LogP contribution is 2.14. The van der Waals surface area contributed by atoms with Gasteiger partial charge in [-0.15, -0.1) is 0 Å². The molecule has 0 bridgehead atoms. The Morgan fingerprint density at radius 3 is 2.69 bits per heavy atom. The van der Waals surface area contributed by atoms with Crippen molar-refractivity contribution in [2.24, 2.45) is 10.7 Å². The largest absolute Gasteiger partial charge is 0.507 e. The lowest BCUT2D eigenvalue weighted by Crippen LogP contribution is -2.14. The van der Waals surface area contributed by atoms with Crippen molar-refractivity contribution in [1.29, 1.82) is 0 Å². The number of aliphatic hydroxyl groups excluding tert-OH is 1. The number of rotatable bonds is 3. The fourth-order valence-electron chi connectivity index (χ4n) is 0.946. The highest BCUT2D eigenvalue weighted by Gasteiger charge is 2.02. The lowest BCUT2D eigenvalue weighted by Gasteiger charge is -2.02. The minimum absolute atomic E-state index is 0.0473. The normalized spacial score (nSPS) is 11.6. The molecule has 13 heavy (non-hydrogen) atoms. The molecule has 0 aliphatic carbocycles. The maximum absolute atomic E-state index is 9.36. The van der Waals surface area contributed by atoms with Gasteiger partial charge in [-0.1, -0.05) is 12.1 Å². The smallest absolute Gasteiger partial charge is 0.129 e. The molecule has 0 heterocycles. The monoisotopic (exact) mass is 180 g/mol. The highest BCUT2D eigenvalue weighted by molar-refractivity contribution is 5.99. The van der Waals surface area contributed by atoms with Crippen LogP contribution in [0, 0.1) is 0 Å². The van der Waals surface area contributed by atoms with Gasteiger partial charge in [0.05, 0.1) is 18.7 Å². The summed E-state index contributed by atoms with van der Waals surface area (Å²) in [6.45, 7) is 0.203. The van der Waals surface area contributed by atoms with E-state index >= 15 is 0 Å². The molecule has 0 atom stereocenters. The van der Waals surface area contributed by atoms with Crippen LogP contribution in [0.5, 0.6) is 5.75 Å². The Morgan fingerprint density at radius 2 is 2.08 bits per heavy atom. The molecule has 4 heteroatoms. The van der Waals surface area contributed by atoms with Gasteiger partial charge in [-0.3, -0.25) is 4.99 Å². The molecule has 0 aromatic heterocycles. The number of hydrogen-bond donors (Lipinski definition) is 3. The molecule has 70 valence electrons. The van der Waals surface area contributed by atoms with Crippen molar-refractivity contribution in [3.05, 3.63) is 29.8 Å². The number of phenols is 1. The average molecular weight is 180 g/mol. The second-order valence-corrected chi connectivity index (χ2v) is 2.51. The first kappa shape index (κ1) is 9.54. The number of para-hydroxylation sites is 1. The summed E-state index contributed by atoms with van der Waals surface area (Å²) >= 11 is 0. The van der Waals surface area contributed by atoms with Gasteiger partial charge < -0.3 is 15.9 Å². The van der Waals surface area contributed by atoms with Gasteiger partial charge in [0.25, 0.3) is 0 Å². The SMILES string of the molecule is NC(=NCCO)c1ccccc1O. The number of phenolic OH excluding ortho intramolecular Hbond substituents is 1. The van der Waals surface area contributed by atoms with E-state index in [4.69, 9.17) is 10.8 Å². The van der Waals surface area contributed by atoms with Crippen LogP contribution in [0.4, 0.5) is 0 Å². The first-order valence-corrected chi connectivity index (χ1v) is 3.95. The van der Waals surface area contributed by atoms with Crippen molar-refractivity contribution >= 4 is 5.84 Å². The molecule has 0 amide bonds. The molecule has 4 N–H and O–H groups in total. The van der Waals surface area contributed by atoms with Gasteiger partial charge in [-0.25, -0.2) is 0 Å². The summed E-state index contributed by atoms with van der Waals surface area (Å²) in [6.07, 6.45) is 0. The number of nitrogens with zero attached hydrogens (tertiary/aromatic N) is 1. The van der Waals surface area contributed by atoms with Gasteiger partial charge in [0.2, 0.25) is 0 Å². The summed E-state index contributed by atoms with van der Waals surface area (Å²) in [7, 11) is 0. The van der Waals surface area contributed by atoms with E-state index in [1.165, 1.54) is 6.07 Å². The Morgan fingerprint density at radius 1 is 1.38 bits per heavy atom. The molecule has 0 spiro atoms. The van der Waals surface area contributed by atoms with Crippen LogP contribution in [0.15, 0.2) is 29.3 Å². The fraction of sp³-hybridized carbons (Fsp3) is 0.222. The van der Waals surface area contributed by atoms with Gasteiger partial charge in [0.1, 0.15) is 11.6 Å². The van der Waals surface area contributed by atoms with E-state index in [9.17, 15) is 5.11 Å². The van der Waals surface area contributed by atoms with E-state index in [0.717, 1.165) is 0 Å². The summed E-state index contributed by atoms with van der Waals surface area (Å²) in [5.41, 5.74) is 6.06. The van der Waals surface area contributed by atoms with Gasteiger partial charge in [0, 0.05) is 0 Å². The van der Waals surface area contributed by atoms with Gasteiger partial charge in [-0.2, -0.15) is 0 Å². The van der Waals surface area contributed by atoms with Crippen molar-refractivity contribution in [2.45, 2.75) is 0 Å². The van der Waals surface area contributed by atoms with E-state index in [1.54, 1.807) is 18.2 Å². The predicted octanol–water partition coefficient (Wildman–Crippen LogP) is 0.0898. The van der Waals surface area contributed by atoms with Crippen LogP contribution in [0.2, 0.25) is 0 Å². The Hall–Kier alpha value is -1.55. The Balaban J connectivity index is 2.88. The maximum Gasteiger partial charge on any atom is 0.129 e. The molecule has 0 fully saturated rings. The van der Waals surface area contributed by atoms with Crippen LogP contribution in [0.1, 0.15) is 5.56 Å². The molecule has 1 rings (SSSR count). The molecule has 1 aromatic carbocycles. The Kier molecular flexibility index (Phi) is 3.28. The van der Waals surface area contributed by atoms with Gasteiger partial charge >= 0.3 is 0 Å². The molecular formula is C9H12N2O2. The molecule has 0 saturated heterocycles. The highest BCUT2D eigenvalue weighted by atomic mass is 16.3. The third-order valence-corrected chi connectivity index (χ3v) is 1.56. The predicted molar refractivity (Wildman–Crippen MR) is 50.8 cm³/mol. The van der Waals surface area contributed by atoms with Crippen molar-refractivity contribution < 1.29 is 10.2 Å². The Bertz CT molecular complexity index is 310. The third-order valence-electron chi connectivity index (χ3n) is 1.56. The van der Waals surface area contributed by atoms with Crippen molar-refractivity contribution in [3.8, 4) is 5.75 Å². The molecule has 0 aliphatic heterocycles. The molecule has 0 saturated carbocycles. The van der Waals surface area contributed by atoms with E-state index in [0.29, 0.717) is 5.56 Å². The summed E-state index contributed by atoms with van der Waals surface area (Å²) < 4.78 is 0. The van der Waals surface area contributed by atoms with E-state index in [-0.39, 0.29) is 24.7 Å². The van der Waals surface area contributed by atoms with Crippen LogP contribution in [0.25, 0.3) is 0 Å². The molecular weight excluding hydrogens is 168 g/mol. The summed E-state index contributed by atoms with van der Waals surface area (Å²) in [5, 5.41) is 17.9. The number of benzene rings is 1. The van der Waals surface area contributed by atoms with Crippen LogP contribution < -0.4 is 5.73 Å². The van der Waals surface area contributed by atoms with Crippen LogP contribution in [-0.4, -0.2) is 29.2 Å². The standard InChI is InChI=1S/C9H12N2O2/c10-9(11-5-6-12)7-3-1-2-4-8(7)13/h1-4,12-13H,5-6H2,(H2,10,11). The minimum Gasteiger partial charge on any atom is -0.507 e. The van der Waals surface area contributed by atoms with Crippen molar-refractivity contribution in [3.63, 3.8) is 0 Å². The number of amidine groups is 1. The Labute approximate surface area is 76.3 Å². The van der Waals surface area contributed by atoms with Gasteiger partial charge in [0.15, 0.2) is 0 Å². The van der Waals surface area contributed by atoms with Gasteiger partial charge in [-0.05, 0) is 12.1 Å². The summed E-state index contributed by atoms with van der Waals surface area (Å²) in [5.74, 6) is 0.342. The quantitative estimate of drug-likeness (QED) is 0.455. The topological polar surface area (TPSA) is 78.8 Å². The molecule has 0 radical (unpaired) electrons. The van der Waals surface area contributed by atoms with Crippen LogP contribution >= 0.6 is 0 Å². The molecule has 0 aliphatic rings. The lowest BCUT2D eigenvalue weighted by molar-refractivity contribution is 0.307. The van der Waals surface area contributed by atoms with Crippen molar-refractivity contribution in [1.82, 2.24) is 0 Å². The summed E-state index contributed by atoms with van der Waals surface area (Å²) in [6, 6.07) is 6.68. The third kappa shape index (κ3) is 2.45.